The molecule has 3 aromatic rings. The summed E-state index contributed by atoms with van der Waals surface area (Å²) in [6.45, 7) is 1.49. The van der Waals surface area contributed by atoms with Crippen LogP contribution in [0.5, 0.6) is 0 Å². The zero-order chi connectivity index (χ0) is 16.9. The lowest BCUT2D eigenvalue weighted by molar-refractivity contribution is 0.0982. The zero-order valence-electron chi connectivity index (χ0n) is 11.8. The summed E-state index contributed by atoms with van der Waals surface area (Å²) in [4.78, 5) is 11.4. The molecule has 3 nitrogen and oxygen atoms in total. The highest BCUT2D eigenvalue weighted by Crippen LogP contribution is 2.36. The average molecular weight is 322 g/mol. The van der Waals surface area contributed by atoms with E-state index in [-0.39, 0.29) is 32.7 Å². The van der Waals surface area contributed by atoms with Crippen molar-refractivity contribution >= 4 is 16.8 Å². The largest absolute Gasteiger partial charge is 0.364 e. The van der Waals surface area contributed by atoms with E-state index >= 15 is 0 Å². The van der Waals surface area contributed by atoms with E-state index in [0.29, 0.717) is 5.39 Å². The molecule has 0 atom stereocenters. The fourth-order valence-electron chi connectivity index (χ4n) is 2.68. The van der Waals surface area contributed by atoms with Gasteiger partial charge in [-0.3, -0.25) is 4.79 Å². The summed E-state index contributed by atoms with van der Waals surface area (Å²) in [7, 11) is 0. The van der Waals surface area contributed by atoms with Gasteiger partial charge in [-0.05, 0) is 24.6 Å². The molecule has 2 aromatic carbocycles. The predicted molar refractivity (Wildman–Crippen MR) is 77.0 cm³/mol. The first-order valence-corrected chi connectivity index (χ1v) is 6.58. The van der Waals surface area contributed by atoms with Crippen LogP contribution >= 0.6 is 0 Å². The normalized spacial score (nSPS) is 11.2. The monoisotopic (exact) mass is 322 g/mol. The Morgan fingerprint density at radius 3 is 2.39 bits per heavy atom. The van der Waals surface area contributed by atoms with Crippen LogP contribution in [0, 0.1) is 24.4 Å². The Labute approximate surface area is 127 Å². The van der Waals surface area contributed by atoms with Gasteiger partial charge in [-0.2, -0.15) is 4.79 Å². The molecule has 1 aromatic heterocycles. The fourth-order valence-corrected chi connectivity index (χ4v) is 2.68. The zero-order valence-corrected chi connectivity index (χ0v) is 11.8. The molecule has 0 radical (unpaired) electrons. The van der Waals surface area contributed by atoms with Crippen LogP contribution < -0.4 is 5.73 Å². The summed E-state index contributed by atoms with van der Waals surface area (Å²) in [5.74, 6) is -5.42. The van der Waals surface area contributed by atoms with Crippen molar-refractivity contribution in [1.29, 1.82) is 0 Å². The first-order valence-electron chi connectivity index (χ1n) is 6.58. The summed E-state index contributed by atoms with van der Waals surface area (Å²) >= 11 is 0. The molecule has 0 aliphatic rings. The predicted octanol–water partition coefficient (Wildman–Crippen LogP) is 3.87. The number of hydrogen-bond acceptors (Lipinski definition) is 1. The molecule has 118 valence electrons. The second kappa shape index (κ2) is 5.12. The molecule has 1 heterocycles. The SMILES string of the molecule is Cc1c(C(N)=O)n(F)c2c(-c3ccc(F)c(F)c3F)cccc12. The summed E-state index contributed by atoms with van der Waals surface area (Å²) in [5, 5.41) is 0.322. The van der Waals surface area contributed by atoms with Crippen molar-refractivity contribution in [2.45, 2.75) is 6.92 Å². The standard InChI is InChI=1S/C16H10F4N2O/c1-7-8-3-2-4-10(15(8)22(20)14(7)16(21)23)9-5-6-11(17)13(19)12(9)18/h2-6H,1H3,(H2,21,23). The molecule has 1 amide bonds. The van der Waals surface area contributed by atoms with Crippen LogP contribution in [0.4, 0.5) is 17.7 Å². The van der Waals surface area contributed by atoms with Crippen molar-refractivity contribution < 1.29 is 22.4 Å². The lowest BCUT2D eigenvalue weighted by Gasteiger charge is -2.07. The number of rotatable bonds is 2. The molecule has 2 N–H and O–H groups in total. The van der Waals surface area contributed by atoms with Gasteiger partial charge in [-0.1, -0.05) is 22.7 Å². The minimum absolute atomic E-state index is 0.0167. The Bertz CT molecular complexity index is 963. The molecule has 0 spiro atoms. The Balaban J connectivity index is 2.43. The molecule has 0 fully saturated rings. The Morgan fingerprint density at radius 1 is 1.04 bits per heavy atom. The molecule has 23 heavy (non-hydrogen) atoms. The summed E-state index contributed by atoms with van der Waals surface area (Å²) in [6.07, 6.45) is 0. The number of primary amides is 1. The third kappa shape index (κ3) is 2.08. The van der Waals surface area contributed by atoms with Crippen molar-refractivity contribution in [3.63, 3.8) is 0 Å². The maximum absolute atomic E-state index is 14.5. The van der Waals surface area contributed by atoms with Crippen LogP contribution in [0.1, 0.15) is 16.1 Å². The van der Waals surface area contributed by atoms with Gasteiger partial charge >= 0.3 is 0 Å². The lowest BCUT2D eigenvalue weighted by atomic mass is 10.0. The molecule has 0 saturated carbocycles. The number of benzene rings is 2. The number of halogens is 4. The van der Waals surface area contributed by atoms with E-state index in [2.05, 4.69) is 0 Å². The van der Waals surface area contributed by atoms with E-state index in [1.165, 1.54) is 25.1 Å². The Kier molecular flexibility index (Phi) is 3.35. The second-order valence-corrected chi connectivity index (χ2v) is 5.04. The van der Waals surface area contributed by atoms with E-state index in [4.69, 9.17) is 5.73 Å². The minimum atomic E-state index is -1.65. The third-order valence-electron chi connectivity index (χ3n) is 3.75. The Hall–Kier alpha value is -2.83. The van der Waals surface area contributed by atoms with Gasteiger partial charge < -0.3 is 5.73 Å². The molecular weight excluding hydrogens is 312 g/mol. The molecule has 0 aliphatic carbocycles. The molecule has 0 saturated heterocycles. The first kappa shape index (κ1) is 15.1. The first-order chi connectivity index (χ1) is 10.8. The van der Waals surface area contributed by atoms with Crippen LogP contribution in [0.2, 0.25) is 0 Å². The number of nitrogens with two attached hydrogens (primary N) is 1. The van der Waals surface area contributed by atoms with Crippen LogP contribution in [0.25, 0.3) is 22.0 Å². The highest BCUT2D eigenvalue weighted by atomic mass is 19.2. The highest BCUT2D eigenvalue weighted by molar-refractivity contribution is 6.05. The van der Waals surface area contributed by atoms with Crippen molar-refractivity contribution in [1.82, 2.24) is 4.79 Å². The molecule has 7 heteroatoms. The van der Waals surface area contributed by atoms with Gasteiger partial charge in [0.25, 0.3) is 5.91 Å². The van der Waals surface area contributed by atoms with Gasteiger partial charge in [-0.15, -0.1) is 0 Å². The highest BCUT2D eigenvalue weighted by Gasteiger charge is 2.23. The maximum atomic E-state index is 14.5. The lowest BCUT2D eigenvalue weighted by Crippen LogP contribution is -2.15. The number of carbonyl (C=O) groups is 1. The smallest absolute Gasteiger partial charge is 0.268 e. The summed E-state index contributed by atoms with van der Waals surface area (Å²) < 4.78 is 55.1. The summed E-state index contributed by atoms with van der Waals surface area (Å²) in [5.41, 5.74) is 4.59. The van der Waals surface area contributed by atoms with Crippen LogP contribution in [0.15, 0.2) is 30.3 Å². The van der Waals surface area contributed by atoms with Crippen LogP contribution in [0.3, 0.4) is 0 Å². The number of amides is 1. The maximum Gasteiger partial charge on any atom is 0.268 e. The van der Waals surface area contributed by atoms with Crippen molar-refractivity contribution in [2.24, 2.45) is 5.73 Å². The number of hydrogen-bond donors (Lipinski definition) is 1. The van der Waals surface area contributed by atoms with Crippen molar-refractivity contribution in [2.75, 3.05) is 0 Å². The van der Waals surface area contributed by atoms with Crippen molar-refractivity contribution in [3.05, 3.63) is 59.0 Å². The molecule has 0 aliphatic heterocycles. The quantitative estimate of drug-likeness (QED) is 0.565. The van der Waals surface area contributed by atoms with Gasteiger partial charge in [-0.25, -0.2) is 13.2 Å². The average Bonchev–Trinajstić information content (AvgIpc) is 2.77. The number of carbonyl (C=O) groups excluding carboxylic acids is 1. The molecule has 0 bridgehead atoms. The van der Waals surface area contributed by atoms with Gasteiger partial charge in [0, 0.05) is 16.5 Å². The molecule has 0 unspecified atom stereocenters. The third-order valence-corrected chi connectivity index (χ3v) is 3.75. The number of para-hydroxylation sites is 1. The number of nitrogens with zero attached hydrogens (tertiary/aromatic N) is 1. The number of aromatic nitrogens is 1. The van der Waals surface area contributed by atoms with E-state index in [1.54, 1.807) is 0 Å². The minimum Gasteiger partial charge on any atom is -0.364 e. The van der Waals surface area contributed by atoms with Gasteiger partial charge in [0.1, 0.15) is 5.69 Å². The van der Waals surface area contributed by atoms with Crippen LogP contribution in [-0.4, -0.2) is 10.7 Å². The van der Waals surface area contributed by atoms with E-state index in [0.717, 1.165) is 12.1 Å². The Morgan fingerprint density at radius 2 is 1.74 bits per heavy atom. The van der Waals surface area contributed by atoms with E-state index in [1.807, 2.05) is 0 Å². The van der Waals surface area contributed by atoms with Crippen LogP contribution in [-0.2, 0) is 0 Å². The van der Waals surface area contributed by atoms with E-state index < -0.39 is 23.4 Å². The van der Waals surface area contributed by atoms with E-state index in [9.17, 15) is 22.4 Å². The number of fused-ring (bicyclic) bond motifs is 1. The number of aryl methyl sites for hydroxylation is 1. The second-order valence-electron chi connectivity index (χ2n) is 5.04. The van der Waals surface area contributed by atoms with Gasteiger partial charge in [0.05, 0.1) is 5.52 Å². The molecule has 3 rings (SSSR count). The fraction of sp³-hybridized carbons (Fsp3) is 0.0625. The van der Waals surface area contributed by atoms with Gasteiger partial charge in [0.15, 0.2) is 17.5 Å². The van der Waals surface area contributed by atoms with Crippen molar-refractivity contribution in [3.8, 4) is 11.1 Å². The summed E-state index contributed by atoms with van der Waals surface area (Å²) in [6, 6.07) is 6.12. The molecular formula is C16H10F4N2O. The topological polar surface area (TPSA) is 48.0 Å². The van der Waals surface area contributed by atoms with Gasteiger partial charge in [0.2, 0.25) is 0 Å².